The summed E-state index contributed by atoms with van der Waals surface area (Å²) < 4.78 is 7.06. The Balaban J connectivity index is 1.65. The van der Waals surface area contributed by atoms with E-state index in [1.807, 2.05) is 67.5 Å². The van der Waals surface area contributed by atoms with Gasteiger partial charge in [-0.05, 0) is 88.4 Å². The molecule has 4 rings (SSSR count). The highest BCUT2D eigenvalue weighted by molar-refractivity contribution is 7.22. The fraction of sp³-hybridized carbons (Fsp3) is 0.259. The Morgan fingerprint density at radius 3 is 2.45 bits per heavy atom. The van der Waals surface area contributed by atoms with Crippen molar-refractivity contribution in [3.63, 3.8) is 0 Å². The quantitative estimate of drug-likeness (QED) is 0.310. The van der Waals surface area contributed by atoms with Gasteiger partial charge in [0.2, 0.25) is 0 Å². The Bertz CT molecular complexity index is 1250. The molecule has 0 bridgehead atoms. The first kappa shape index (κ1) is 23.0. The summed E-state index contributed by atoms with van der Waals surface area (Å²) in [6.45, 7) is 5.65. The molecule has 0 radical (unpaired) electrons. The molecule has 1 amide bonds. The molecule has 33 heavy (non-hydrogen) atoms. The van der Waals surface area contributed by atoms with Crippen LogP contribution in [0.15, 0.2) is 66.7 Å². The van der Waals surface area contributed by atoms with E-state index in [4.69, 9.17) is 9.72 Å². The average Bonchev–Trinajstić information content (AvgIpc) is 3.21. The lowest BCUT2D eigenvalue weighted by Gasteiger charge is -2.21. The van der Waals surface area contributed by atoms with Crippen molar-refractivity contribution in [3.05, 3.63) is 83.4 Å². The van der Waals surface area contributed by atoms with Gasteiger partial charge in [0.1, 0.15) is 11.5 Å². The molecule has 4 aromatic rings. The molecular formula is C27H29N3O2S. The monoisotopic (exact) mass is 459 g/mol. The number of thiazole rings is 1. The van der Waals surface area contributed by atoms with Crippen molar-refractivity contribution in [3.8, 4) is 11.5 Å². The number of rotatable bonds is 8. The number of ether oxygens (including phenoxy) is 1. The lowest BCUT2D eigenvalue weighted by atomic mass is 10.1. The third-order valence-electron chi connectivity index (χ3n) is 5.34. The number of benzene rings is 3. The smallest absolute Gasteiger partial charge is 0.260 e. The van der Waals surface area contributed by atoms with Crippen molar-refractivity contribution in [1.29, 1.82) is 0 Å². The van der Waals surface area contributed by atoms with Crippen molar-refractivity contribution in [2.24, 2.45) is 0 Å². The first-order valence-electron chi connectivity index (χ1n) is 11.1. The number of para-hydroxylation sites is 1. The van der Waals surface area contributed by atoms with E-state index < -0.39 is 0 Å². The second-order valence-corrected chi connectivity index (χ2v) is 9.49. The van der Waals surface area contributed by atoms with E-state index in [1.165, 1.54) is 5.56 Å². The van der Waals surface area contributed by atoms with Crippen LogP contribution in [0.5, 0.6) is 11.5 Å². The molecular weight excluding hydrogens is 430 g/mol. The van der Waals surface area contributed by atoms with Crippen LogP contribution in [-0.4, -0.2) is 43.0 Å². The Labute approximate surface area is 199 Å². The molecule has 0 unspecified atom stereocenters. The number of aryl methyl sites for hydroxylation is 2. The van der Waals surface area contributed by atoms with Crippen molar-refractivity contribution in [1.82, 2.24) is 9.88 Å². The van der Waals surface area contributed by atoms with E-state index in [1.54, 1.807) is 17.4 Å². The van der Waals surface area contributed by atoms with Gasteiger partial charge in [0.15, 0.2) is 5.13 Å². The molecule has 5 nitrogen and oxygen atoms in total. The van der Waals surface area contributed by atoms with Crippen LogP contribution < -0.4 is 9.64 Å². The van der Waals surface area contributed by atoms with Crippen molar-refractivity contribution >= 4 is 32.6 Å². The van der Waals surface area contributed by atoms with Crippen LogP contribution >= 0.6 is 11.3 Å². The number of carbonyl (C=O) groups excluding carboxylic acids is 1. The molecule has 0 saturated heterocycles. The van der Waals surface area contributed by atoms with Crippen LogP contribution in [0.25, 0.3) is 10.2 Å². The number of nitrogens with zero attached hydrogens (tertiary/aromatic N) is 3. The van der Waals surface area contributed by atoms with E-state index in [-0.39, 0.29) is 5.91 Å². The Kier molecular flexibility index (Phi) is 7.06. The lowest BCUT2D eigenvalue weighted by Crippen LogP contribution is -2.33. The largest absolute Gasteiger partial charge is 0.457 e. The predicted octanol–water partition coefficient (Wildman–Crippen LogP) is 6.30. The number of hydrogen-bond acceptors (Lipinski definition) is 5. The fourth-order valence-corrected chi connectivity index (χ4v) is 4.94. The topological polar surface area (TPSA) is 45.7 Å². The average molecular weight is 460 g/mol. The highest BCUT2D eigenvalue weighted by Crippen LogP contribution is 2.33. The maximum absolute atomic E-state index is 13.7. The lowest BCUT2D eigenvalue weighted by molar-refractivity contribution is 0.0985. The van der Waals surface area contributed by atoms with E-state index in [2.05, 4.69) is 30.9 Å². The second-order valence-electron chi connectivity index (χ2n) is 8.48. The Hall–Kier alpha value is -3.22. The normalized spacial score (nSPS) is 11.2. The SMILES string of the molecule is Cc1cc(C)c2nc(N(CCCN(C)C)C(=O)c3cccc(Oc4ccccc4)c3)sc2c1. The molecule has 3 aromatic carbocycles. The summed E-state index contributed by atoms with van der Waals surface area (Å²) in [6.07, 6.45) is 0.854. The van der Waals surface area contributed by atoms with Crippen LogP contribution in [0.4, 0.5) is 5.13 Å². The summed E-state index contributed by atoms with van der Waals surface area (Å²) in [6, 6.07) is 21.2. The van der Waals surface area contributed by atoms with Crippen LogP contribution in [0.2, 0.25) is 0 Å². The molecule has 6 heteroatoms. The third kappa shape index (κ3) is 5.59. The Morgan fingerprint density at radius 2 is 1.70 bits per heavy atom. The van der Waals surface area contributed by atoms with Gasteiger partial charge < -0.3 is 9.64 Å². The number of amides is 1. The van der Waals surface area contributed by atoms with Gasteiger partial charge in [-0.15, -0.1) is 0 Å². The summed E-state index contributed by atoms with van der Waals surface area (Å²) in [5.41, 5.74) is 3.88. The molecule has 0 fully saturated rings. The summed E-state index contributed by atoms with van der Waals surface area (Å²) in [5, 5.41) is 0.733. The van der Waals surface area contributed by atoms with Gasteiger partial charge in [-0.2, -0.15) is 0 Å². The van der Waals surface area contributed by atoms with Crippen molar-refractivity contribution in [2.75, 3.05) is 32.1 Å². The molecule has 0 N–H and O–H groups in total. The summed E-state index contributed by atoms with van der Waals surface area (Å²) >= 11 is 1.57. The minimum Gasteiger partial charge on any atom is -0.457 e. The zero-order valence-corrected chi connectivity index (χ0v) is 20.4. The molecule has 0 aliphatic carbocycles. The molecule has 0 saturated carbocycles. The number of fused-ring (bicyclic) bond motifs is 1. The zero-order valence-electron chi connectivity index (χ0n) is 19.5. The number of hydrogen-bond donors (Lipinski definition) is 0. The van der Waals surface area contributed by atoms with E-state index in [0.29, 0.717) is 17.9 Å². The standard InChI is InChI=1S/C27H29N3O2S/c1-19-16-20(2)25-24(17-19)33-27(28-25)30(15-9-14-29(3)4)26(31)21-10-8-13-23(18-21)32-22-11-6-5-7-12-22/h5-8,10-13,16-18H,9,14-15H2,1-4H3. The molecule has 1 aromatic heterocycles. The van der Waals surface area contributed by atoms with Crippen molar-refractivity contribution < 1.29 is 9.53 Å². The van der Waals surface area contributed by atoms with Gasteiger partial charge in [-0.25, -0.2) is 4.98 Å². The molecule has 0 aliphatic rings. The fourth-order valence-electron chi connectivity index (χ4n) is 3.78. The third-order valence-corrected chi connectivity index (χ3v) is 6.37. The molecule has 0 atom stereocenters. The van der Waals surface area contributed by atoms with Gasteiger partial charge in [-0.1, -0.05) is 41.7 Å². The minimum atomic E-state index is -0.0688. The number of carbonyl (C=O) groups is 1. The van der Waals surface area contributed by atoms with Gasteiger partial charge in [0, 0.05) is 12.1 Å². The molecule has 0 spiro atoms. The van der Waals surface area contributed by atoms with E-state index in [0.717, 1.165) is 39.6 Å². The molecule has 1 heterocycles. The maximum atomic E-state index is 13.7. The summed E-state index contributed by atoms with van der Waals surface area (Å²) in [7, 11) is 4.08. The van der Waals surface area contributed by atoms with Gasteiger partial charge in [-0.3, -0.25) is 9.69 Å². The van der Waals surface area contributed by atoms with Crippen LogP contribution in [0.3, 0.4) is 0 Å². The van der Waals surface area contributed by atoms with Crippen LogP contribution in [0.1, 0.15) is 27.9 Å². The minimum absolute atomic E-state index is 0.0688. The molecule has 0 aliphatic heterocycles. The van der Waals surface area contributed by atoms with E-state index in [9.17, 15) is 4.79 Å². The van der Waals surface area contributed by atoms with Crippen LogP contribution in [0, 0.1) is 13.8 Å². The highest BCUT2D eigenvalue weighted by Gasteiger charge is 2.22. The first-order chi connectivity index (χ1) is 15.9. The van der Waals surface area contributed by atoms with Crippen molar-refractivity contribution in [2.45, 2.75) is 20.3 Å². The molecule has 170 valence electrons. The Morgan fingerprint density at radius 1 is 0.939 bits per heavy atom. The summed E-state index contributed by atoms with van der Waals surface area (Å²) in [4.78, 5) is 22.5. The highest BCUT2D eigenvalue weighted by atomic mass is 32.1. The second kappa shape index (κ2) is 10.1. The first-order valence-corrected chi connectivity index (χ1v) is 11.9. The number of anilines is 1. The van der Waals surface area contributed by atoms with Gasteiger partial charge >= 0.3 is 0 Å². The van der Waals surface area contributed by atoms with Gasteiger partial charge in [0.25, 0.3) is 5.91 Å². The summed E-state index contributed by atoms with van der Waals surface area (Å²) in [5.74, 6) is 1.30. The maximum Gasteiger partial charge on any atom is 0.260 e. The van der Waals surface area contributed by atoms with Gasteiger partial charge in [0.05, 0.1) is 10.2 Å². The van der Waals surface area contributed by atoms with Crippen LogP contribution in [-0.2, 0) is 0 Å². The predicted molar refractivity (Wildman–Crippen MR) is 137 cm³/mol. The number of aromatic nitrogens is 1. The van der Waals surface area contributed by atoms with E-state index >= 15 is 0 Å². The zero-order chi connectivity index (χ0) is 23.4.